The molecule has 0 bridgehead atoms. The van der Waals surface area contributed by atoms with Crippen molar-refractivity contribution in [1.29, 1.82) is 0 Å². The van der Waals surface area contributed by atoms with Crippen molar-refractivity contribution in [3.8, 4) is 11.6 Å². The van der Waals surface area contributed by atoms with E-state index in [1.165, 1.54) is 0 Å². The van der Waals surface area contributed by atoms with E-state index in [1.807, 2.05) is 36.5 Å². The number of hydrogen-bond donors (Lipinski definition) is 1. The topological polar surface area (TPSA) is 118 Å². The number of hydrogen-bond acceptors (Lipinski definition) is 7. The zero-order valence-corrected chi connectivity index (χ0v) is 16.2. The van der Waals surface area contributed by atoms with Crippen molar-refractivity contribution < 1.29 is 9.21 Å². The lowest BCUT2D eigenvalue weighted by Crippen LogP contribution is -2.41. The molecule has 31 heavy (non-hydrogen) atoms. The van der Waals surface area contributed by atoms with Crippen LogP contribution in [-0.4, -0.2) is 52.1 Å². The predicted molar refractivity (Wildman–Crippen MR) is 108 cm³/mol. The first-order chi connectivity index (χ1) is 15.3. The molecule has 5 aromatic heterocycles. The van der Waals surface area contributed by atoms with Crippen LogP contribution < -0.4 is 0 Å². The molecule has 0 fully saturated rings. The molecule has 1 atom stereocenters. The van der Waals surface area contributed by atoms with Gasteiger partial charge in [-0.25, -0.2) is 9.50 Å². The predicted octanol–water partition coefficient (Wildman–Crippen LogP) is 2.29. The first kappa shape index (κ1) is 17.5. The number of imidazole rings is 1. The van der Waals surface area contributed by atoms with Gasteiger partial charge in [-0.2, -0.15) is 5.10 Å². The Hall–Kier alpha value is -4.34. The van der Waals surface area contributed by atoms with Gasteiger partial charge < -0.3 is 14.3 Å². The lowest BCUT2D eigenvalue weighted by atomic mass is 9.99. The van der Waals surface area contributed by atoms with Gasteiger partial charge in [0.25, 0.3) is 5.89 Å². The van der Waals surface area contributed by atoms with Gasteiger partial charge in [-0.05, 0) is 30.3 Å². The summed E-state index contributed by atoms with van der Waals surface area (Å²) in [6, 6.07) is 12.7. The zero-order chi connectivity index (χ0) is 20.8. The van der Waals surface area contributed by atoms with Crippen molar-refractivity contribution in [1.82, 2.24) is 39.7 Å². The molecule has 0 spiro atoms. The Morgan fingerprint density at radius 3 is 2.94 bits per heavy atom. The summed E-state index contributed by atoms with van der Waals surface area (Å²) in [5.74, 6) is -0.260. The third kappa shape index (κ3) is 2.88. The SMILES string of the molecule is O=C(c1nnc(-c2ccccn2)o1)N1CCc2[nH]cnc2[C@@H]1c1cc2ccccn2n1. The molecule has 0 unspecified atom stereocenters. The van der Waals surface area contributed by atoms with E-state index < -0.39 is 6.04 Å². The van der Waals surface area contributed by atoms with Crippen LogP contribution in [0.25, 0.3) is 17.1 Å². The molecule has 0 saturated heterocycles. The van der Waals surface area contributed by atoms with Crippen LogP contribution >= 0.6 is 0 Å². The number of carbonyl (C=O) groups excluding carboxylic acids is 1. The molecule has 6 heterocycles. The molecule has 1 N–H and O–H groups in total. The number of carbonyl (C=O) groups is 1. The number of aromatic amines is 1. The summed E-state index contributed by atoms with van der Waals surface area (Å²) in [4.78, 5) is 26.9. The average Bonchev–Trinajstić information content (AvgIpc) is 3.57. The Bertz CT molecular complexity index is 1350. The number of fused-ring (bicyclic) bond motifs is 2. The van der Waals surface area contributed by atoms with E-state index in [0.29, 0.717) is 18.7 Å². The Kier molecular flexibility index (Phi) is 3.88. The summed E-state index contributed by atoms with van der Waals surface area (Å²) in [5, 5.41) is 12.7. The van der Waals surface area contributed by atoms with Gasteiger partial charge in [-0.3, -0.25) is 9.78 Å². The van der Waals surface area contributed by atoms with Crippen LogP contribution in [-0.2, 0) is 6.42 Å². The maximum atomic E-state index is 13.4. The van der Waals surface area contributed by atoms with Gasteiger partial charge in [0.1, 0.15) is 11.7 Å². The fourth-order valence-corrected chi connectivity index (χ4v) is 3.91. The fourth-order valence-electron chi connectivity index (χ4n) is 3.91. The molecule has 6 rings (SSSR count). The van der Waals surface area contributed by atoms with Gasteiger partial charge in [0.05, 0.1) is 23.2 Å². The summed E-state index contributed by atoms with van der Waals surface area (Å²) in [5.41, 5.74) is 3.93. The van der Waals surface area contributed by atoms with Gasteiger partial charge in [0.2, 0.25) is 0 Å². The summed E-state index contributed by atoms with van der Waals surface area (Å²) < 4.78 is 7.45. The summed E-state index contributed by atoms with van der Waals surface area (Å²) in [6.07, 6.45) is 5.79. The van der Waals surface area contributed by atoms with E-state index >= 15 is 0 Å². The van der Waals surface area contributed by atoms with E-state index in [2.05, 4.69) is 30.2 Å². The molecule has 10 heteroatoms. The van der Waals surface area contributed by atoms with Gasteiger partial charge in [-0.1, -0.05) is 12.1 Å². The first-order valence-corrected chi connectivity index (χ1v) is 9.80. The summed E-state index contributed by atoms with van der Waals surface area (Å²) in [7, 11) is 0. The number of nitrogens with one attached hydrogen (secondary N) is 1. The van der Waals surface area contributed by atoms with Gasteiger partial charge >= 0.3 is 11.8 Å². The molecule has 0 aliphatic carbocycles. The quantitative estimate of drug-likeness (QED) is 0.483. The van der Waals surface area contributed by atoms with Crippen LogP contribution in [0.1, 0.15) is 33.8 Å². The highest BCUT2D eigenvalue weighted by Crippen LogP contribution is 2.34. The van der Waals surface area contributed by atoms with E-state index in [4.69, 9.17) is 4.42 Å². The molecule has 152 valence electrons. The lowest BCUT2D eigenvalue weighted by molar-refractivity contribution is 0.0646. The molecular formula is C21H16N8O2. The fraction of sp³-hybridized carbons (Fsp3) is 0.143. The first-order valence-electron chi connectivity index (χ1n) is 9.80. The molecule has 0 radical (unpaired) electrons. The zero-order valence-electron chi connectivity index (χ0n) is 16.2. The highest BCUT2D eigenvalue weighted by Gasteiger charge is 2.38. The van der Waals surface area contributed by atoms with E-state index in [1.54, 1.807) is 34.1 Å². The van der Waals surface area contributed by atoms with E-state index in [9.17, 15) is 4.79 Å². The van der Waals surface area contributed by atoms with Crippen LogP contribution in [0, 0.1) is 0 Å². The van der Waals surface area contributed by atoms with Crippen LogP contribution in [0.4, 0.5) is 0 Å². The number of amides is 1. The standard InChI is InChI=1S/C21H16N8O2/c30-21(20-26-25-19(31-20)15-6-1-3-8-22-15)28-10-7-14-17(24-12-23-14)18(28)16-11-13-5-2-4-9-29(13)27-16/h1-6,8-9,11-12,18H,7,10H2,(H,23,24)/t18-/m0/s1. The number of pyridine rings is 2. The van der Waals surface area contributed by atoms with Crippen LogP contribution in [0.3, 0.4) is 0 Å². The second kappa shape index (κ2) is 6.87. The average molecular weight is 412 g/mol. The highest BCUT2D eigenvalue weighted by molar-refractivity contribution is 5.90. The third-order valence-electron chi connectivity index (χ3n) is 5.35. The molecule has 5 aromatic rings. The second-order valence-electron chi connectivity index (χ2n) is 7.18. The molecule has 0 aromatic carbocycles. The molecule has 1 aliphatic rings. The molecule has 1 amide bonds. The van der Waals surface area contributed by atoms with Crippen molar-refractivity contribution in [2.24, 2.45) is 0 Å². The molecule has 0 saturated carbocycles. The number of nitrogens with zero attached hydrogens (tertiary/aromatic N) is 7. The van der Waals surface area contributed by atoms with Crippen molar-refractivity contribution in [3.63, 3.8) is 0 Å². The molecule has 1 aliphatic heterocycles. The third-order valence-corrected chi connectivity index (χ3v) is 5.35. The second-order valence-corrected chi connectivity index (χ2v) is 7.18. The van der Waals surface area contributed by atoms with Crippen molar-refractivity contribution in [2.75, 3.05) is 6.54 Å². The summed E-state index contributed by atoms with van der Waals surface area (Å²) in [6.45, 7) is 0.466. The summed E-state index contributed by atoms with van der Waals surface area (Å²) >= 11 is 0. The van der Waals surface area contributed by atoms with Gasteiger partial charge in [0, 0.05) is 31.1 Å². The monoisotopic (exact) mass is 412 g/mol. The highest BCUT2D eigenvalue weighted by atomic mass is 16.4. The lowest BCUT2D eigenvalue weighted by Gasteiger charge is -2.32. The Morgan fingerprint density at radius 2 is 2.06 bits per heavy atom. The Labute approximate surface area is 175 Å². The van der Waals surface area contributed by atoms with Gasteiger partial charge in [0.15, 0.2) is 0 Å². The van der Waals surface area contributed by atoms with E-state index in [-0.39, 0.29) is 17.7 Å². The minimum absolute atomic E-state index is 0.0894. The number of H-pyrrole nitrogens is 1. The smallest absolute Gasteiger partial charge is 0.312 e. The Morgan fingerprint density at radius 1 is 1.13 bits per heavy atom. The normalized spacial score (nSPS) is 15.9. The van der Waals surface area contributed by atoms with Crippen LogP contribution in [0.15, 0.2) is 65.6 Å². The largest absolute Gasteiger partial charge is 0.411 e. The van der Waals surface area contributed by atoms with Crippen molar-refractivity contribution >= 4 is 11.4 Å². The van der Waals surface area contributed by atoms with Crippen LogP contribution in [0.5, 0.6) is 0 Å². The Balaban J connectivity index is 1.40. The maximum absolute atomic E-state index is 13.4. The molecule has 10 nitrogen and oxygen atoms in total. The number of aromatic nitrogens is 7. The van der Waals surface area contributed by atoms with E-state index in [0.717, 1.165) is 22.6 Å². The number of rotatable bonds is 3. The maximum Gasteiger partial charge on any atom is 0.312 e. The minimum Gasteiger partial charge on any atom is -0.411 e. The van der Waals surface area contributed by atoms with Crippen LogP contribution in [0.2, 0.25) is 0 Å². The van der Waals surface area contributed by atoms with Gasteiger partial charge in [-0.15, -0.1) is 10.2 Å². The minimum atomic E-state index is -0.465. The molecular weight excluding hydrogens is 396 g/mol. The van der Waals surface area contributed by atoms with Crippen molar-refractivity contribution in [3.05, 3.63) is 84.2 Å². The van der Waals surface area contributed by atoms with Crippen molar-refractivity contribution in [2.45, 2.75) is 12.5 Å².